The average Bonchev–Trinajstić information content (AvgIpc) is 3.69. The molecule has 50 heavy (non-hydrogen) atoms. The first kappa shape index (κ1) is 34.0. The van der Waals surface area contributed by atoms with E-state index >= 15 is 0 Å². The van der Waals surface area contributed by atoms with Gasteiger partial charge in [-0.1, -0.05) is 25.0 Å². The monoisotopic (exact) mass is 704 g/mol. The van der Waals surface area contributed by atoms with Crippen LogP contribution in [0.15, 0.2) is 42.9 Å². The maximum Gasteiger partial charge on any atom is 0.408 e. The Labute approximate surface area is 294 Å². The molecular formula is C36H44N6O7S. The topological polar surface area (TPSA) is 154 Å². The summed E-state index contributed by atoms with van der Waals surface area (Å²) < 4.78 is 20.2. The predicted octanol–water partition coefficient (Wildman–Crippen LogP) is 4.65. The van der Waals surface area contributed by atoms with Gasteiger partial charge in [0.05, 0.1) is 28.7 Å². The number of thiophene rings is 1. The second kappa shape index (κ2) is 14.4. The fourth-order valence-electron chi connectivity index (χ4n) is 7.55. The zero-order chi connectivity index (χ0) is 34.8. The van der Waals surface area contributed by atoms with Gasteiger partial charge < -0.3 is 34.3 Å². The molecule has 0 spiro atoms. The van der Waals surface area contributed by atoms with E-state index in [9.17, 15) is 19.2 Å². The van der Waals surface area contributed by atoms with Crippen molar-refractivity contribution in [2.75, 3.05) is 13.7 Å². The third kappa shape index (κ3) is 6.94. The molecule has 3 fully saturated rings. The third-order valence-corrected chi connectivity index (χ3v) is 11.5. The summed E-state index contributed by atoms with van der Waals surface area (Å²) in [5, 5.41) is 5.83. The van der Waals surface area contributed by atoms with Crippen LogP contribution in [0.1, 0.15) is 70.6 Å². The Hall–Kier alpha value is -4.46. The number of carbonyl (C=O) groups excluding carboxylic acids is 4. The molecular weight excluding hydrogens is 660 g/mol. The molecule has 7 rings (SSSR count). The van der Waals surface area contributed by atoms with E-state index in [1.165, 1.54) is 23.3 Å². The molecule has 14 heteroatoms. The van der Waals surface area contributed by atoms with Crippen molar-refractivity contribution in [1.29, 1.82) is 0 Å². The minimum atomic E-state index is -1.19. The summed E-state index contributed by atoms with van der Waals surface area (Å²) in [6.45, 7) is 0.114. The molecule has 0 radical (unpaired) electrons. The Balaban J connectivity index is 1.17. The summed E-state index contributed by atoms with van der Waals surface area (Å²) in [5.74, 6) is -0.137. The first-order valence-corrected chi connectivity index (χ1v) is 18.4. The number of nitrogens with zero attached hydrogens (tertiary/aromatic N) is 4. The van der Waals surface area contributed by atoms with Crippen molar-refractivity contribution in [1.82, 2.24) is 30.1 Å². The molecule has 3 aromatic rings. The van der Waals surface area contributed by atoms with Crippen molar-refractivity contribution in [2.45, 2.75) is 100 Å². The zero-order valence-electron chi connectivity index (χ0n) is 28.5. The molecule has 0 unspecified atom stereocenters. The summed E-state index contributed by atoms with van der Waals surface area (Å²) in [7, 11) is 3.24. The fourth-order valence-corrected chi connectivity index (χ4v) is 8.66. The molecule has 3 amide bonds. The minimum Gasteiger partial charge on any atom is -0.487 e. The van der Waals surface area contributed by atoms with Gasteiger partial charge in [-0.15, -0.1) is 11.3 Å². The highest BCUT2D eigenvalue weighted by molar-refractivity contribution is 7.22. The molecule has 4 aliphatic rings. The highest BCUT2D eigenvalue weighted by Gasteiger charge is 2.62. The number of esters is 1. The lowest BCUT2D eigenvalue weighted by molar-refractivity contribution is -0.148. The van der Waals surface area contributed by atoms with Crippen molar-refractivity contribution < 1.29 is 33.4 Å². The van der Waals surface area contributed by atoms with Crippen molar-refractivity contribution in [2.24, 2.45) is 13.0 Å². The number of ether oxygens (including phenoxy) is 3. The van der Waals surface area contributed by atoms with Gasteiger partial charge in [-0.2, -0.15) is 0 Å². The maximum atomic E-state index is 14.4. The van der Waals surface area contributed by atoms with Crippen molar-refractivity contribution in [3.05, 3.63) is 42.9 Å². The van der Waals surface area contributed by atoms with Gasteiger partial charge in [0.15, 0.2) is 0 Å². The van der Waals surface area contributed by atoms with E-state index in [1.54, 1.807) is 18.5 Å². The predicted molar refractivity (Wildman–Crippen MR) is 185 cm³/mol. The first-order chi connectivity index (χ1) is 24.3. The van der Waals surface area contributed by atoms with E-state index in [-0.39, 0.29) is 30.9 Å². The number of hydrogen-bond acceptors (Lipinski definition) is 10. The maximum absolute atomic E-state index is 14.4. The molecule has 2 aliphatic carbocycles. The van der Waals surface area contributed by atoms with Crippen LogP contribution in [0.5, 0.6) is 5.75 Å². The number of methoxy groups -OCH3 is 1. The molecule has 2 aliphatic heterocycles. The SMILES string of the molecule is COC(=O)[C@@]12C[C@H]1/C=C\CCCCC[C@H](NC(=O)OC1CCCC1)C(=O)N1C[C@H](Oc3ccnc4cc(-c5nccn5C)sc34)C[C@H]1C(=O)N2. The lowest BCUT2D eigenvalue weighted by atomic mass is 10.0. The molecule has 1 saturated heterocycles. The van der Waals surface area contributed by atoms with E-state index in [0.717, 1.165) is 65.9 Å². The van der Waals surface area contributed by atoms with Crippen LogP contribution in [0.25, 0.3) is 20.9 Å². The van der Waals surface area contributed by atoms with Crippen LogP contribution in [-0.2, 0) is 30.9 Å². The molecule has 13 nitrogen and oxygen atoms in total. The van der Waals surface area contributed by atoms with E-state index in [2.05, 4.69) is 20.6 Å². The number of nitrogens with one attached hydrogen (secondary N) is 2. The van der Waals surface area contributed by atoms with Crippen molar-refractivity contribution in [3.8, 4) is 16.5 Å². The van der Waals surface area contributed by atoms with Crippen LogP contribution in [0.3, 0.4) is 0 Å². The van der Waals surface area contributed by atoms with E-state index in [1.807, 2.05) is 36.0 Å². The molecule has 2 N–H and O–H groups in total. The molecule has 0 aromatic carbocycles. The Bertz CT molecular complexity index is 1780. The molecule has 5 heterocycles. The van der Waals surface area contributed by atoms with Crippen molar-refractivity contribution in [3.63, 3.8) is 0 Å². The smallest absolute Gasteiger partial charge is 0.408 e. The van der Waals surface area contributed by atoms with Gasteiger partial charge in [0.2, 0.25) is 11.8 Å². The lowest BCUT2D eigenvalue weighted by Gasteiger charge is -2.29. The normalized spacial score (nSPS) is 28.2. The van der Waals surface area contributed by atoms with Crippen LogP contribution in [0, 0.1) is 5.92 Å². The summed E-state index contributed by atoms with van der Waals surface area (Å²) in [4.78, 5) is 66.1. The molecule has 5 atom stereocenters. The average molecular weight is 705 g/mol. The number of alkyl carbamates (subject to hydrolysis) is 1. The Morgan fingerprint density at radius 1 is 1.06 bits per heavy atom. The number of aromatic nitrogens is 3. The summed E-state index contributed by atoms with van der Waals surface area (Å²) in [6.07, 6.45) is 15.9. The minimum absolute atomic E-state index is 0.114. The number of imidazole rings is 1. The number of fused-ring (bicyclic) bond motifs is 3. The molecule has 2 saturated carbocycles. The third-order valence-electron chi connectivity index (χ3n) is 10.4. The van der Waals surface area contributed by atoms with Gasteiger partial charge in [0.1, 0.15) is 41.4 Å². The van der Waals surface area contributed by atoms with Gasteiger partial charge in [-0.3, -0.25) is 14.6 Å². The summed E-state index contributed by atoms with van der Waals surface area (Å²) in [6, 6.07) is 1.93. The van der Waals surface area contributed by atoms with Crippen LogP contribution < -0.4 is 15.4 Å². The first-order valence-electron chi connectivity index (χ1n) is 17.6. The Morgan fingerprint density at radius 3 is 2.66 bits per heavy atom. The zero-order valence-corrected chi connectivity index (χ0v) is 29.3. The van der Waals surface area contributed by atoms with Crippen molar-refractivity contribution >= 4 is 45.4 Å². The number of aryl methyl sites for hydroxylation is 1. The second-order valence-electron chi connectivity index (χ2n) is 13.8. The van der Waals surface area contributed by atoms with Gasteiger partial charge in [0.25, 0.3) is 0 Å². The highest BCUT2D eigenvalue weighted by Crippen LogP contribution is 2.46. The van der Waals surface area contributed by atoms with Gasteiger partial charge in [-0.25, -0.2) is 14.6 Å². The number of hydrogen-bond donors (Lipinski definition) is 2. The highest BCUT2D eigenvalue weighted by atomic mass is 32.1. The van der Waals surface area contributed by atoms with Crippen LogP contribution in [0.4, 0.5) is 4.79 Å². The Kier molecular flexibility index (Phi) is 9.80. The standard InChI is InChI=1S/C36H44N6O7S/c1-41-17-16-38-31(41)29-19-26-30(50-29)28(14-15-37-26)48-24-18-27-32(43)40-36(34(45)47-2)20-22(36)10-6-4-3-5-7-13-25(33(44)42(27)21-24)39-35(46)49-23-11-8-9-12-23/h6,10,14-17,19,22-25,27H,3-5,7-9,11-13,18,20-21H2,1-2H3,(H,39,46)(H,40,43)/b10-6-/t22-,24-,25+,27+,36-/m1/s1. The van der Waals surface area contributed by atoms with E-state index in [0.29, 0.717) is 25.0 Å². The lowest BCUT2D eigenvalue weighted by Crippen LogP contribution is -2.56. The molecule has 266 valence electrons. The summed E-state index contributed by atoms with van der Waals surface area (Å²) >= 11 is 1.51. The Morgan fingerprint density at radius 2 is 1.88 bits per heavy atom. The second-order valence-corrected chi connectivity index (χ2v) is 14.9. The quantitative estimate of drug-likeness (QED) is 0.276. The van der Waals surface area contributed by atoms with Gasteiger partial charge in [0, 0.05) is 38.0 Å². The molecule has 3 aromatic heterocycles. The van der Waals surface area contributed by atoms with E-state index in [4.69, 9.17) is 14.2 Å². The summed E-state index contributed by atoms with van der Waals surface area (Å²) in [5.41, 5.74) is -0.431. The number of amides is 3. The fraction of sp³-hybridized carbons (Fsp3) is 0.556. The number of carbonyl (C=O) groups is 4. The number of rotatable bonds is 6. The van der Waals surface area contributed by atoms with Crippen LogP contribution >= 0.6 is 11.3 Å². The van der Waals surface area contributed by atoms with Gasteiger partial charge in [-0.05, 0) is 63.5 Å². The number of allylic oxidation sites excluding steroid dienone is 1. The van der Waals surface area contributed by atoms with Gasteiger partial charge >= 0.3 is 12.1 Å². The number of pyridine rings is 1. The van der Waals surface area contributed by atoms with Crippen LogP contribution in [-0.4, -0.2) is 86.8 Å². The van der Waals surface area contributed by atoms with Crippen LogP contribution in [0.2, 0.25) is 0 Å². The largest absolute Gasteiger partial charge is 0.487 e. The van der Waals surface area contributed by atoms with E-state index < -0.39 is 41.7 Å². The molecule has 0 bridgehead atoms.